The quantitative estimate of drug-likeness (QED) is 0.477. The second-order valence-electron chi connectivity index (χ2n) is 7.34. The monoisotopic (exact) mass is 311 g/mol. The standard InChI is InChI=1S/C18H37N3O/c1-5-19-18(21-17-8-6-7-15(4)12-17)20-13-16(9-10-22)11-14(2)3/h14-17,22H,5-13H2,1-4H3,(H2,19,20,21). The van der Waals surface area contributed by atoms with Crippen molar-refractivity contribution in [2.45, 2.75) is 72.3 Å². The Bertz CT molecular complexity index is 317. The van der Waals surface area contributed by atoms with Crippen LogP contribution in [0.2, 0.25) is 0 Å². The second-order valence-corrected chi connectivity index (χ2v) is 7.34. The van der Waals surface area contributed by atoms with Crippen LogP contribution in [0.4, 0.5) is 0 Å². The molecule has 0 radical (unpaired) electrons. The third-order valence-corrected chi connectivity index (χ3v) is 4.47. The molecular formula is C18H37N3O. The topological polar surface area (TPSA) is 56.7 Å². The van der Waals surface area contributed by atoms with E-state index >= 15 is 0 Å². The number of hydrogen-bond donors (Lipinski definition) is 3. The fourth-order valence-electron chi connectivity index (χ4n) is 3.43. The van der Waals surface area contributed by atoms with Crippen LogP contribution >= 0.6 is 0 Å². The average molecular weight is 312 g/mol. The number of aliphatic hydroxyl groups excluding tert-OH is 1. The molecule has 3 unspecified atom stereocenters. The molecule has 0 spiro atoms. The molecule has 22 heavy (non-hydrogen) atoms. The predicted octanol–water partition coefficient (Wildman–Crippen LogP) is 3.16. The summed E-state index contributed by atoms with van der Waals surface area (Å²) in [6.07, 6.45) is 7.15. The van der Waals surface area contributed by atoms with Crippen molar-refractivity contribution in [3.8, 4) is 0 Å². The molecule has 0 amide bonds. The number of guanidine groups is 1. The first-order valence-corrected chi connectivity index (χ1v) is 9.20. The van der Waals surface area contributed by atoms with Crippen molar-refractivity contribution in [3.05, 3.63) is 0 Å². The Morgan fingerprint density at radius 2 is 2.09 bits per heavy atom. The lowest BCUT2D eigenvalue weighted by molar-refractivity contribution is 0.245. The maximum Gasteiger partial charge on any atom is 0.191 e. The van der Waals surface area contributed by atoms with Gasteiger partial charge in [0.2, 0.25) is 0 Å². The molecule has 4 nitrogen and oxygen atoms in total. The van der Waals surface area contributed by atoms with Crippen LogP contribution in [-0.2, 0) is 0 Å². The molecule has 4 heteroatoms. The molecule has 0 heterocycles. The van der Waals surface area contributed by atoms with Crippen molar-refractivity contribution in [1.29, 1.82) is 0 Å². The van der Waals surface area contributed by atoms with Crippen molar-refractivity contribution >= 4 is 5.96 Å². The van der Waals surface area contributed by atoms with Crippen LogP contribution in [0.5, 0.6) is 0 Å². The number of aliphatic imine (C=N–C) groups is 1. The Hall–Kier alpha value is -0.770. The highest BCUT2D eigenvalue weighted by atomic mass is 16.3. The van der Waals surface area contributed by atoms with Crippen molar-refractivity contribution in [1.82, 2.24) is 10.6 Å². The fraction of sp³-hybridized carbons (Fsp3) is 0.944. The summed E-state index contributed by atoms with van der Waals surface area (Å²) in [7, 11) is 0. The highest BCUT2D eigenvalue weighted by molar-refractivity contribution is 5.80. The number of nitrogens with one attached hydrogen (secondary N) is 2. The summed E-state index contributed by atoms with van der Waals surface area (Å²) in [6, 6.07) is 0.558. The van der Waals surface area contributed by atoms with E-state index in [0.29, 0.717) is 17.9 Å². The molecule has 0 saturated heterocycles. The summed E-state index contributed by atoms with van der Waals surface area (Å²) in [6.45, 7) is 10.9. The lowest BCUT2D eigenvalue weighted by atomic mass is 9.87. The van der Waals surface area contributed by atoms with E-state index in [0.717, 1.165) is 37.8 Å². The zero-order chi connectivity index (χ0) is 16.4. The van der Waals surface area contributed by atoms with Gasteiger partial charge in [-0.2, -0.15) is 0 Å². The molecule has 0 aromatic rings. The summed E-state index contributed by atoms with van der Waals surface area (Å²) >= 11 is 0. The first-order valence-electron chi connectivity index (χ1n) is 9.20. The summed E-state index contributed by atoms with van der Waals surface area (Å²) in [5.74, 6) is 2.90. The smallest absolute Gasteiger partial charge is 0.191 e. The van der Waals surface area contributed by atoms with Crippen LogP contribution in [0.3, 0.4) is 0 Å². The SMILES string of the molecule is CCNC(=NCC(CCO)CC(C)C)NC1CCCC(C)C1. The summed E-state index contributed by atoms with van der Waals surface area (Å²) in [5.41, 5.74) is 0. The van der Waals surface area contributed by atoms with Crippen LogP contribution in [-0.4, -0.2) is 36.8 Å². The maximum absolute atomic E-state index is 9.23. The van der Waals surface area contributed by atoms with Gasteiger partial charge in [-0.15, -0.1) is 0 Å². The normalized spacial score (nSPS) is 24.4. The Morgan fingerprint density at radius 3 is 2.68 bits per heavy atom. The van der Waals surface area contributed by atoms with Crippen LogP contribution < -0.4 is 10.6 Å². The average Bonchev–Trinajstić information content (AvgIpc) is 2.44. The molecule has 3 N–H and O–H groups in total. The summed E-state index contributed by atoms with van der Waals surface area (Å²) < 4.78 is 0. The van der Waals surface area contributed by atoms with E-state index in [1.165, 1.54) is 25.7 Å². The number of aliphatic hydroxyl groups is 1. The minimum atomic E-state index is 0.261. The Labute approximate surface area is 137 Å². The van der Waals surface area contributed by atoms with Crippen molar-refractivity contribution < 1.29 is 5.11 Å². The highest BCUT2D eigenvalue weighted by Crippen LogP contribution is 2.23. The number of nitrogens with zero attached hydrogens (tertiary/aromatic N) is 1. The van der Waals surface area contributed by atoms with Gasteiger partial charge in [0, 0.05) is 25.7 Å². The predicted molar refractivity (Wildman–Crippen MR) is 95.2 cm³/mol. The molecule has 1 fully saturated rings. The minimum absolute atomic E-state index is 0.261. The van der Waals surface area contributed by atoms with Gasteiger partial charge >= 0.3 is 0 Å². The molecule has 1 saturated carbocycles. The van der Waals surface area contributed by atoms with Crippen LogP contribution in [0, 0.1) is 17.8 Å². The van der Waals surface area contributed by atoms with Gasteiger partial charge in [-0.3, -0.25) is 4.99 Å². The van der Waals surface area contributed by atoms with E-state index in [-0.39, 0.29) is 6.61 Å². The third-order valence-electron chi connectivity index (χ3n) is 4.47. The summed E-state index contributed by atoms with van der Waals surface area (Å²) in [4.78, 5) is 4.79. The summed E-state index contributed by atoms with van der Waals surface area (Å²) in [5, 5.41) is 16.2. The van der Waals surface area contributed by atoms with Crippen LogP contribution in [0.15, 0.2) is 4.99 Å². The van der Waals surface area contributed by atoms with Gasteiger partial charge in [0.25, 0.3) is 0 Å². The number of hydrogen-bond acceptors (Lipinski definition) is 2. The minimum Gasteiger partial charge on any atom is -0.396 e. The zero-order valence-corrected chi connectivity index (χ0v) is 15.1. The zero-order valence-electron chi connectivity index (χ0n) is 15.1. The molecule has 130 valence electrons. The Morgan fingerprint density at radius 1 is 1.32 bits per heavy atom. The second kappa shape index (κ2) is 10.9. The highest BCUT2D eigenvalue weighted by Gasteiger charge is 2.19. The molecule has 0 aliphatic heterocycles. The van der Waals surface area contributed by atoms with Gasteiger partial charge in [-0.1, -0.05) is 33.6 Å². The molecule has 0 aromatic heterocycles. The molecular weight excluding hydrogens is 274 g/mol. The fourth-order valence-corrected chi connectivity index (χ4v) is 3.43. The molecule has 1 aliphatic rings. The molecule has 1 rings (SSSR count). The maximum atomic E-state index is 9.23. The van der Waals surface area contributed by atoms with Gasteiger partial charge in [0.05, 0.1) is 0 Å². The van der Waals surface area contributed by atoms with Gasteiger partial charge in [0.1, 0.15) is 0 Å². The van der Waals surface area contributed by atoms with Gasteiger partial charge in [-0.25, -0.2) is 0 Å². The van der Waals surface area contributed by atoms with Crippen molar-refractivity contribution in [2.75, 3.05) is 19.7 Å². The van der Waals surface area contributed by atoms with Crippen molar-refractivity contribution in [3.63, 3.8) is 0 Å². The lowest BCUT2D eigenvalue weighted by Gasteiger charge is -2.29. The van der Waals surface area contributed by atoms with Gasteiger partial charge in [0.15, 0.2) is 5.96 Å². The van der Waals surface area contributed by atoms with Gasteiger partial charge in [-0.05, 0) is 50.4 Å². The largest absolute Gasteiger partial charge is 0.396 e. The first-order chi connectivity index (χ1) is 10.5. The van der Waals surface area contributed by atoms with E-state index in [9.17, 15) is 5.11 Å². The van der Waals surface area contributed by atoms with Crippen molar-refractivity contribution in [2.24, 2.45) is 22.7 Å². The van der Waals surface area contributed by atoms with E-state index in [2.05, 4.69) is 38.3 Å². The van der Waals surface area contributed by atoms with Crippen LogP contribution in [0.1, 0.15) is 66.2 Å². The van der Waals surface area contributed by atoms with Gasteiger partial charge < -0.3 is 15.7 Å². The third kappa shape index (κ3) is 8.02. The van der Waals surface area contributed by atoms with E-state index < -0.39 is 0 Å². The van der Waals surface area contributed by atoms with E-state index in [1.54, 1.807) is 0 Å². The Kier molecular flexibility index (Phi) is 9.53. The molecule has 1 aliphatic carbocycles. The Balaban J connectivity index is 2.55. The van der Waals surface area contributed by atoms with E-state index in [4.69, 9.17) is 4.99 Å². The van der Waals surface area contributed by atoms with E-state index in [1.807, 2.05) is 0 Å². The van der Waals surface area contributed by atoms with Crippen LogP contribution in [0.25, 0.3) is 0 Å². The molecule has 0 bridgehead atoms. The lowest BCUT2D eigenvalue weighted by Crippen LogP contribution is -2.45. The molecule has 3 atom stereocenters. The first kappa shape index (κ1) is 19.3. The molecule has 0 aromatic carbocycles. The number of rotatable bonds is 8.